The largest absolute Gasteiger partial charge is 0.330 e. The first-order chi connectivity index (χ1) is 4.60. The van der Waals surface area contributed by atoms with Crippen LogP contribution in [0, 0.1) is 11.3 Å². The summed E-state index contributed by atoms with van der Waals surface area (Å²) in [4.78, 5) is 0. The zero-order chi connectivity index (χ0) is 7.41. The zero-order valence-electron chi connectivity index (χ0n) is 6.15. The molecule has 1 nitrogen and oxygen atoms in total. The first kappa shape index (κ1) is 9.20. The lowest BCUT2D eigenvalue weighted by molar-refractivity contribution is 0.00429. The number of halogens is 3. The van der Waals surface area contributed by atoms with Crippen LogP contribution >= 0.6 is 12.4 Å². The van der Waals surface area contributed by atoms with Crippen LogP contribution in [-0.2, 0) is 0 Å². The summed E-state index contributed by atoms with van der Waals surface area (Å²) in [6, 6.07) is 0. The summed E-state index contributed by atoms with van der Waals surface area (Å²) in [5.41, 5.74) is 4.75. The van der Waals surface area contributed by atoms with Gasteiger partial charge in [0.1, 0.15) is 0 Å². The SMILES string of the molecule is Cl.NCC1CC2(C1)CC2(F)F. The molecule has 0 unspecified atom stereocenters. The van der Waals surface area contributed by atoms with E-state index in [-0.39, 0.29) is 18.8 Å². The van der Waals surface area contributed by atoms with Crippen LogP contribution < -0.4 is 5.73 Å². The minimum absolute atomic E-state index is 0. The molecule has 4 heteroatoms. The quantitative estimate of drug-likeness (QED) is 0.659. The van der Waals surface area contributed by atoms with E-state index in [1.807, 2.05) is 0 Å². The Balaban J connectivity index is 0.000000605. The third-order valence-corrected chi connectivity index (χ3v) is 2.90. The number of alkyl halides is 2. The fraction of sp³-hybridized carbons (Fsp3) is 1.00. The second-order valence-electron chi connectivity index (χ2n) is 3.67. The Hall–Kier alpha value is 0.110. The van der Waals surface area contributed by atoms with Gasteiger partial charge in [-0.3, -0.25) is 0 Å². The van der Waals surface area contributed by atoms with Crippen molar-refractivity contribution in [2.24, 2.45) is 17.1 Å². The molecule has 2 saturated carbocycles. The highest BCUT2D eigenvalue weighted by Crippen LogP contribution is 2.72. The lowest BCUT2D eigenvalue weighted by Gasteiger charge is -2.34. The molecule has 0 aromatic rings. The molecular formula is C7H12ClF2N. The van der Waals surface area contributed by atoms with E-state index in [1.54, 1.807) is 0 Å². The average molecular weight is 184 g/mol. The van der Waals surface area contributed by atoms with Crippen LogP contribution in [0.1, 0.15) is 19.3 Å². The van der Waals surface area contributed by atoms with E-state index < -0.39 is 11.3 Å². The summed E-state index contributed by atoms with van der Waals surface area (Å²) in [5.74, 6) is -1.95. The molecule has 0 amide bonds. The van der Waals surface area contributed by atoms with E-state index in [2.05, 4.69) is 0 Å². The van der Waals surface area contributed by atoms with Gasteiger partial charge in [0, 0.05) is 11.8 Å². The highest BCUT2D eigenvalue weighted by Gasteiger charge is 2.75. The maximum atomic E-state index is 12.5. The van der Waals surface area contributed by atoms with Crippen molar-refractivity contribution in [3.63, 3.8) is 0 Å². The van der Waals surface area contributed by atoms with Gasteiger partial charge < -0.3 is 5.73 Å². The molecule has 2 rings (SSSR count). The molecule has 0 aromatic heterocycles. The molecule has 0 aliphatic heterocycles. The lowest BCUT2D eigenvalue weighted by atomic mass is 9.71. The van der Waals surface area contributed by atoms with Crippen molar-refractivity contribution < 1.29 is 8.78 Å². The molecule has 2 fully saturated rings. The third-order valence-electron chi connectivity index (χ3n) is 2.90. The highest BCUT2D eigenvalue weighted by atomic mass is 35.5. The Kier molecular flexibility index (Phi) is 1.92. The van der Waals surface area contributed by atoms with E-state index in [9.17, 15) is 8.78 Å². The molecular weight excluding hydrogens is 172 g/mol. The van der Waals surface area contributed by atoms with Crippen LogP contribution in [0.15, 0.2) is 0 Å². The van der Waals surface area contributed by atoms with Crippen molar-refractivity contribution in [3.8, 4) is 0 Å². The summed E-state index contributed by atoms with van der Waals surface area (Å²) in [6.07, 6.45) is 1.45. The van der Waals surface area contributed by atoms with Gasteiger partial charge in [-0.25, -0.2) is 8.78 Å². The monoisotopic (exact) mass is 183 g/mol. The Morgan fingerprint density at radius 3 is 2.09 bits per heavy atom. The van der Waals surface area contributed by atoms with Gasteiger partial charge in [0.2, 0.25) is 0 Å². The summed E-state index contributed by atoms with van der Waals surface area (Å²) < 4.78 is 25.0. The maximum absolute atomic E-state index is 12.5. The van der Waals surface area contributed by atoms with E-state index in [0.29, 0.717) is 25.3 Å². The molecule has 0 aromatic carbocycles. The van der Waals surface area contributed by atoms with E-state index in [4.69, 9.17) is 5.73 Å². The molecule has 2 aliphatic rings. The third kappa shape index (κ3) is 1.05. The predicted octanol–water partition coefficient (Wildman–Crippen LogP) is 1.80. The van der Waals surface area contributed by atoms with Crippen molar-refractivity contribution in [3.05, 3.63) is 0 Å². The number of nitrogens with two attached hydrogens (primary N) is 1. The van der Waals surface area contributed by atoms with Crippen molar-refractivity contribution in [1.82, 2.24) is 0 Å². The molecule has 11 heavy (non-hydrogen) atoms. The molecule has 0 bridgehead atoms. The second-order valence-corrected chi connectivity index (χ2v) is 3.67. The van der Waals surface area contributed by atoms with Gasteiger partial charge in [0.05, 0.1) is 0 Å². The van der Waals surface area contributed by atoms with Gasteiger partial charge in [-0.1, -0.05) is 0 Å². The minimum Gasteiger partial charge on any atom is -0.330 e. The fourth-order valence-corrected chi connectivity index (χ4v) is 2.04. The highest BCUT2D eigenvalue weighted by molar-refractivity contribution is 5.85. The van der Waals surface area contributed by atoms with Crippen LogP contribution in [-0.4, -0.2) is 12.5 Å². The van der Waals surface area contributed by atoms with Crippen molar-refractivity contribution >= 4 is 12.4 Å². The molecule has 0 saturated heterocycles. The van der Waals surface area contributed by atoms with Gasteiger partial charge in [0.25, 0.3) is 5.92 Å². The van der Waals surface area contributed by atoms with Crippen LogP contribution in [0.2, 0.25) is 0 Å². The zero-order valence-corrected chi connectivity index (χ0v) is 6.96. The smallest absolute Gasteiger partial charge is 0.254 e. The molecule has 2 aliphatic carbocycles. The molecule has 0 heterocycles. The lowest BCUT2D eigenvalue weighted by Crippen LogP contribution is -2.34. The summed E-state index contributed by atoms with van der Waals surface area (Å²) in [6.45, 7) is 0.581. The van der Waals surface area contributed by atoms with Gasteiger partial charge in [-0.2, -0.15) is 0 Å². The van der Waals surface area contributed by atoms with Gasteiger partial charge in [-0.05, 0) is 25.3 Å². The first-order valence-corrected chi connectivity index (χ1v) is 3.68. The van der Waals surface area contributed by atoms with E-state index in [0.717, 1.165) is 0 Å². The van der Waals surface area contributed by atoms with E-state index in [1.165, 1.54) is 0 Å². The summed E-state index contributed by atoms with van der Waals surface area (Å²) in [7, 11) is 0. The maximum Gasteiger partial charge on any atom is 0.254 e. The Bertz CT molecular complexity index is 166. The van der Waals surface area contributed by atoms with Crippen LogP contribution in [0.25, 0.3) is 0 Å². The standard InChI is InChI=1S/C7H11F2N.ClH/c8-7(9)4-6(7)1-5(2-6)3-10;/h5H,1-4,10H2;1H. The van der Waals surface area contributed by atoms with Crippen LogP contribution in [0.4, 0.5) is 8.78 Å². The van der Waals surface area contributed by atoms with Gasteiger partial charge in [-0.15, -0.1) is 12.4 Å². The Labute approximate surface area is 70.7 Å². The first-order valence-electron chi connectivity index (χ1n) is 3.68. The van der Waals surface area contributed by atoms with Gasteiger partial charge >= 0.3 is 0 Å². The Morgan fingerprint density at radius 2 is 1.82 bits per heavy atom. The number of rotatable bonds is 1. The van der Waals surface area contributed by atoms with E-state index >= 15 is 0 Å². The average Bonchev–Trinajstić information content (AvgIpc) is 2.30. The second kappa shape index (κ2) is 2.30. The van der Waals surface area contributed by atoms with Crippen LogP contribution in [0.5, 0.6) is 0 Å². The van der Waals surface area contributed by atoms with Crippen molar-refractivity contribution in [2.75, 3.05) is 6.54 Å². The number of hydrogen-bond donors (Lipinski definition) is 1. The van der Waals surface area contributed by atoms with Crippen LogP contribution in [0.3, 0.4) is 0 Å². The normalized spacial score (nSPS) is 44.5. The fourth-order valence-electron chi connectivity index (χ4n) is 2.04. The van der Waals surface area contributed by atoms with Gasteiger partial charge in [0.15, 0.2) is 0 Å². The molecule has 0 atom stereocenters. The predicted molar refractivity (Wildman–Crippen MR) is 41.0 cm³/mol. The molecule has 66 valence electrons. The summed E-state index contributed by atoms with van der Waals surface area (Å²) >= 11 is 0. The van der Waals surface area contributed by atoms with Crippen molar-refractivity contribution in [2.45, 2.75) is 25.2 Å². The molecule has 1 spiro atoms. The molecule has 0 radical (unpaired) electrons. The van der Waals surface area contributed by atoms with Crippen molar-refractivity contribution in [1.29, 1.82) is 0 Å². The topological polar surface area (TPSA) is 26.0 Å². The summed E-state index contributed by atoms with van der Waals surface area (Å²) in [5, 5.41) is 0. The minimum atomic E-state index is -2.33. The molecule has 2 N–H and O–H groups in total. The number of hydrogen-bond acceptors (Lipinski definition) is 1. The Morgan fingerprint density at radius 1 is 1.36 bits per heavy atom.